The quantitative estimate of drug-likeness (QED) is 0.784. The summed E-state index contributed by atoms with van der Waals surface area (Å²) in [5.74, 6) is 1.38. The van der Waals surface area contributed by atoms with Crippen molar-refractivity contribution in [2.45, 2.75) is 6.54 Å². The maximum Gasteiger partial charge on any atom is 0.128 e. The summed E-state index contributed by atoms with van der Waals surface area (Å²) < 4.78 is 50.2. The van der Waals surface area contributed by atoms with E-state index in [1.807, 2.05) is 35.2 Å². The van der Waals surface area contributed by atoms with Gasteiger partial charge in [0.2, 0.25) is 0 Å². The fourth-order valence-corrected chi connectivity index (χ4v) is 1.99. The van der Waals surface area contributed by atoms with Crippen LogP contribution in [0.4, 0.5) is 5.82 Å². The number of pyridine rings is 1. The van der Waals surface area contributed by atoms with Crippen LogP contribution in [0, 0.1) is 0 Å². The predicted molar refractivity (Wildman–Crippen MR) is 86.8 cm³/mol. The Morgan fingerprint density at radius 3 is 2.52 bits per heavy atom. The van der Waals surface area contributed by atoms with Crippen LogP contribution >= 0.6 is 0 Å². The third-order valence-corrected chi connectivity index (χ3v) is 3.10. The lowest BCUT2D eigenvalue weighted by molar-refractivity contribution is 0.411. The summed E-state index contributed by atoms with van der Waals surface area (Å²) in [7, 11) is 1.59. The van der Waals surface area contributed by atoms with Crippen LogP contribution in [0.5, 0.6) is 5.75 Å². The second-order valence-electron chi connectivity index (χ2n) is 4.61. The molecule has 0 spiro atoms. The van der Waals surface area contributed by atoms with E-state index in [-0.39, 0.29) is 13.1 Å². The molecule has 4 nitrogen and oxygen atoms in total. The van der Waals surface area contributed by atoms with Gasteiger partial charge < -0.3 is 14.5 Å². The zero-order valence-corrected chi connectivity index (χ0v) is 12.0. The fourth-order valence-electron chi connectivity index (χ4n) is 1.99. The third-order valence-electron chi connectivity index (χ3n) is 3.10. The van der Waals surface area contributed by atoms with Crippen LogP contribution in [0.15, 0.2) is 48.7 Å². The number of aromatic nitrogens is 1. The maximum absolute atomic E-state index is 7.51. The van der Waals surface area contributed by atoms with E-state index in [9.17, 15) is 0 Å². The molecule has 112 valence electrons. The number of anilines is 1. The average molecular weight is 291 g/mol. The van der Waals surface area contributed by atoms with Crippen LogP contribution in [0.2, 0.25) is 0 Å². The molecule has 0 N–H and O–H groups in total. The third kappa shape index (κ3) is 4.76. The largest absolute Gasteiger partial charge is 0.497 e. The summed E-state index contributed by atoms with van der Waals surface area (Å²) in [5.41, 5.74) is 0.968. The molecule has 0 saturated carbocycles. The van der Waals surface area contributed by atoms with Gasteiger partial charge in [0.25, 0.3) is 0 Å². The molecule has 21 heavy (non-hydrogen) atoms. The van der Waals surface area contributed by atoms with Gasteiger partial charge in [0, 0.05) is 34.1 Å². The Kier molecular flexibility index (Phi) is 3.29. The summed E-state index contributed by atoms with van der Waals surface area (Å²) in [4.78, 5) is 6.73. The summed E-state index contributed by atoms with van der Waals surface area (Å²) in [6.07, 6.45) is 1.64. The highest BCUT2D eigenvalue weighted by molar-refractivity contribution is 5.39. The van der Waals surface area contributed by atoms with Gasteiger partial charge in [0.05, 0.1) is 7.11 Å². The van der Waals surface area contributed by atoms with Crippen LogP contribution in [-0.2, 0) is 6.54 Å². The van der Waals surface area contributed by atoms with E-state index in [0.29, 0.717) is 17.3 Å². The number of rotatable bonds is 7. The van der Waals surface area contributed by atoms with Crippen molar-refractivity contribution in [3.8, 4) is 5.75 Å². The van der Waals surface area contributed by atoms with Crippen LogP contribution in [-0.4, -0.2) is 44.0 Å². The maximum atomic E-state index is 7.51. The Morgan fingerprint density at radius 2 is 1.90 bits per heavy atom. The standard InChI is InChI=1S/C17H23N3O/c1-19(2)12-13-20(17-6-4-5-11-18-17)14-15-7-9-16(21-3)10-8-15/h4-11H,12-14H2,1-3H3/i1D3,2D3. The zero-order valence-electron chi connectivity index (χ0n) is 18.0. The minimum Gasteiger partial charge on any atom is -0.497 e. The molecular formula is C17H23N3O. The highest BCUT2D eigenvalue weighted by Gasteiger charge is 2.09. The van der Waals surface area contributed by atoms with Crippen molar-refractivity contribution in [2.24, 2.45) is 0 Å². The Morgan fingerprint density at radius 1 is 1.10 bits per heavy atom. The van der Waals surface area contributed by atoms with Crippen molar-refractivity contribution in [1.29, 1.82) is 0 Å². The van der Waals surface area contributed by atoms with Crippen LogP contribution < -0.4 is 9.64 Å². The average Bonchev–Trinajstić information content (AvgIpc) is 2.60. The van der Waals surface area contributed by atoms with E-state index in [4.69, 9.17) is 13.0 Å². The van der Waals surface area contributed by atoms with Gasteiger partial charge in [-0.3, -0.25) is 0 Å². The molecule has 2 rings (SSSR count). The number of hydrogen-bond acceptors (Lipinski definition) is 4. The van der Waals surface area contributed by atoms with Gasteiger partial charge in [-0.15, -0.1) is 0 Å². The van der Waals surface area contributed by atoms with Gasteiger partial charge in [-0.25, -0.2) is 4.98 Å². The molecule has 1 heterocycles. The van der Waals surface area contributed by atoms with Crippen molar-refractivity contribution in [3.63, 3.8) is 0 Å². The molecule has 0 bridgehead atoms. The molecule has 1 aromatic heterocycles. The Balaban J connectivity index is 2.20. The van der Waals surface area contributed by atoms with Crippen molar-refractivity contribution >= 4 is 5.82 Å². The number of hydrogen-bond donors (Lipinski definition) is 0. The zero-order chi connectivity index (χ0) is 20.1. The van der Waals surface area contributed by atoms with Crippen molar-refractivity contribution < 1.29 is 13.0 Å². The number of likely N-dealkylation sites (N-methyl/N-ethyl adjacent to an activating group) is 1. The summed E-state index contributed by atoms with van der Waals surface area (Å²) in [5, 5.41) is 0. The van der Waals surface area contributed by atoms with E-state index in [1.165, 1.54) is 0 Å². The first-order valence-corrected chi connectivity index (χ1v) is 6.68. The van der Waals surface area contributed by atoms with Gasteiger partial charge in [-0.2, -0.15) is 0 Å². The molecule has 0 unspecified atom stereocenters. The molecule has 2 aromatic rings. The second-order valence-corrected chi connectivity index (χ2v) is 4.61. The van der Waals surface area contributed by atoms with E-state index in [2.05, 4.69) is 4.98 Å². The van der Waals surface area contributed by atoms with Crippen LogP contribution in [0.25, 0.3) is 0 Å². The predicted octanol–water partition coefficient (Wildman–Crippen LogP) is 2.66. The molecule has 0 amide bonds. The minimum absolute atomic E-state index is 0.153. The van der Waals surface area contributed by atoms with Gasteiger partial charge in [0.1, 0.15) is 11.6 Å². The molecular weight excluding hydrogens is 262 g/mol. The summed E-state index contributed by atoms with van der Waals surface area (Å²) in [6, 6.07) is 12.9. The van der Waals surface area contributed by atoms with Gasteiger partial charge in [-0.05, 0) is 43.8 Å². The SMILES string of the molecule is [2H]C([2H])([2H])N(CCN(Cc1ccc(OC)cc1)c1ccccn1)C([2H])([2H])[2H]. The lowest BCUT2D eigenvalue weighted by atomic mass is 10.2. The second kappa shape index (κ2) is 7.64. The van der Waals surface area contributed by atoms with E-state index in [0.717, 1.165) is 11.3 Å². The first kappa shape index (κ1) is 9.05. The lowest BCUT2D eigenvalue weighted by Gasteiger charge is -2.25. The Hall–Kier alpha value is -2.07. The molecule has 0 atom stereocenters. The molecule has 4 heteroatoms. The first-order valence-electron chi connectivity index (χ1n) is 9.68. The lowest BCUT2D eigenvalue weighted by Crippen LogP contribution is -2.31. The van der Waals surface area contributed by atoms with E-state index in [1.54, 1.807) is 25.4 Å². The van der Waals surface area contributed by atoms with Crippen LogP contribution in [0.3, 0.4) is 0 Å². The van der Waals surface area contributed by atoms with Gasteiger partial charge in [0.15, 0.2) is 0 Å². The molecule has 0 radical (unpaired) electrons. The normalized spacial score (nSPS) is 16.1. The van der Waals surface area contributed by atoms with E-state index < -0.39 is 14.0 Å². The summed E-state index contributed by atoms with van der Waals surface area (Å²) in [6.45, 7) is -4.92. The topological polar surface area (TPSA) is 28.6 Å². The first-order chi connectivity index (χ1) is 12.6. The Bertz CT molecular complexity index is 689. The minimum atomic E-state index is -2.71. The van der Waals surface area contributed by atoms with Crippen molar-refractivity contribution in [2.75, 3.05) is 39.1 Å². The van der Waals surface area contributed by atoms with E-state index >= 15 is 0 Å². The number of ether oxygens (including phenoxy) is 1. The molecule has 0 aliphatic carbocycles. The highest BCUT2D eigenvalue weighted by Crippen LogP contribution is 2.16. The Labute approximate surface area is 135 Å². The smallest absolute Gasteiger partial charge is 0.128 e. The van der Waals surface area contributed by atoms with Crippen molar-refractivity contribution in [3.05, 3.63) is 54.2 Å². The number of benzene rings is 1. The van der Waals surface area contributed by atoms with Crippen LogP contribution in [0.1, 0.15) is 13.8 Å². The molecule has 1 aromatic carbocycles. The van der Waals surface area contributed by atoms with Gasteiger partial charge >= 0.3 is 0 Å². The van der Waals surface area contributed by atoms with Gasteiger partial charge in [-0.1, -0.05) is 18.2 Å². The number of methoxy groups -OCH3 is 1. The number of nitrogens with zero attached hydrogens (tertiary/aromatic N) is 3. The molecule has 0 fully saturated rings. The summed E-state index contributed by atoms with van der Waals surface area (Å²) >= 11 is 0. The fraction of sp³-hybridized carbons (Fsp3) is 0.353. The molecule has 0 aliphatic heterocycles. The van der Waals surface area contributed by atoms with Crippen molar-refractivity contribution in [1.82, 2.24) is 9.88 Å². The molecule has 0 saturated heterocycles. The molecule has 0 aliphatic rings. The monoisotopic (exact) mass is 291 g/mol. The highest BCUT2D eigenvalue weighted by atomic mass is 16.5.